The zero-order chi connectivity index (χ0) is 12.8. The minimum Gasteiger partial charge on any atom is -0.322 e. The predicted octanol–water partition coefficient (Wildman–Crippen LogP) is 0.598. The highest BCUT2D eigenvalue weighted by molar-refractivity contribution is 6.04. The van der Waals surface area contributed by atoms with E-state index >= 15 is 0 Å². The van der Waals surface area contributed by atoms with Gasteiger partial charge in [0.1, 0.15) is 6.04 Å². The summed E-state index contributed by atoms with van der Waals surface area (Å²) in [7, 11) is 1.80. The second kappa shape index (κ2) is 3.58. The molecule has 0 aliphatic carbocycles. The summed E-state index contributed by atoms with van der Waals surface area (Å²) in [5, 5.41) is 9.19. The van der Waals surface area contributed by atoms with Crippen molar-refractivity contribution in [1.29, 1.82) is 0 Å². The molecule has 1 aromatic rings. The summed E-state index contributed by atoms with van der Waals surface area (Å²) in [5.41, 5.74) is 1.40. The lowest BCUT2D eigenvalue weighted by molar-refractivity contribution is -0.120. The fourth-order valence-electron chi connectivity index (χ4n) is 1.94. The van der Waals surface area contributed by atoms with Crippen molar-refractivity contribution in [2.75, 3.05) is 0 Å². The maximum atomic E-state index is 11.6. The Hall–Kier alpha value is -1.85. The summed E-state index contributed by atoms with van der Waals surface area (Å²) in [6.07, 6.45) is 1.77. The fraction of sp³-hybridized carbons (Fsp3) is 0.545. The van der Waals surface area contributed by atoms with Gasteiger partial charge in [-0.05, 0) is 0 Å². The molecule has 0 spiro atoms. The first-order valence-corrected chi connectivity index (χ1v) is 5.44. The van der Waals surface area contributed by atoms with Crippen molar-refractivity contribution in [2.45, 2.75) is 32.2 Å². The van der Waals surface area contributed by atoms with Gasteiger partial charge in [0.25, 0.3) is 5.91 Å². The minimum atomic E-state index is -0.634. The van der Waals surface area contributed by atoms with Crippen molar-refractivity contribution in [3.05, 3.63) is 17.5 Å². The van der Waals surface area contributed by atoms with Crippen LogP contribution in [0.1, 0.15) is 38.1 Å². The molecule has 1 aliphatic heterocycles. The SMILES string of the molecule is Cn1cc(C2NC(=O)NC2=O)c(C(C)(C)C)n1. The van der Waals surface area contributed by atoms with Gasteiger partial charge in [0, 0.05) is 24.2 Å². The van der Waals surface area contributed by atoms with Gasteiger partial charge in [-0.2, -0.15) is 5.10 Å². The molecule has 2 heterocycles. The molecule has 1 fully saturated rings. The van der Waals surface area contributed by atoms with Crippen molar-refractivity contribution in [3.63, 3.8) is 0 Å². The molecule has 1 unspecified atom stereocenters. The van der Waals surface area contributed by atoms with Crippen LogP contribution in [0.2, 0.25) is 0 Å². The number of aryl methyl sites for hydroxylation is 1. The predicted molar refractivity (Wildman–Crippen MR) is 61.3 cm³/mol. The van der Waals surface area contributed by atoms with Gasteiger partial charge in [-0.25, -0.2) is 4.79 Å². The zero-order valence-corrected chi connectivity index (χ0v) is 10.4. The molecule has 0 aromatic carbocycles. The van der Waals surface area contributed by atoms with E-state index in [0.717, 1.165) is 11.3 Å². The van der Waals surface area contributed by atoms with E-state index in [4.69, 9.17) is 0 Å². The third-order valence-electron chi connectivity index (χ3n) is 2.65. The van der Waals surface area contributed by atoms with Crippen LogP contribution in [0, 0.1) is 0 Å². The molecule has 6 nitrogen and oxygen atoms in total. The Morgan fingerprint density at radius 1 is 1.35 bits per heavy atom. The van der Waals surface area contributed by atoms with Crippen molar-refractivity contribution < 1.29 is 9.59 Å². The first-order chi connectivity index (χ1) is 7.79. The molecule has 3 amide bonds. The molecule has 92 valence electrons. The molecule has 2 N–H and O–H groups in total. The summed E-state index contributed by atoms with van der Waals surface area (Å²) < 4.78 is 1.66. The van der Waals surface area contributed by atoms with Gasteiger partial charge in [-0.3, -0.25) is 14.8 Å². The van der Waals surface area contributed by atoms with E-state index in [0.29, 0.717) is 0 Å². The monoisotopic (exact) mass is 236 g/mol. The largest absolute Gasteiger partial charge is 0.322 e. The second-order valence-electron chi connectivity index (χ2n) is 5.25. The Morgan fingerprint density at radius 2 is 2.00 bits per heavy atom. The van der Waals surface area contributed by atoms with E-state index in [-0.39, 0.29) is 11.3 Å². The molecular formula is C11H16N4O2. The highest BCUT2D eigenvalue weighted by Gasteiger charge is 2.36. The lowest BCUT2D eigenvalue weighted by atomic mass is 9.87. The van der Waals surface area contributed by atoms with E-state index < -0.39 is 12.1 Å². The van der Waals surface area contributed by atoms with Gasteiger partial charge < -0.3 is 5.32 Å². The minimum absolute atomic E-state index is 0.176. The van der Waals surface area contributed by atoms with E-state index in [1.54, 1.807) is 17.9 Å². The molecule has 1 saturated heterocycles. The van der Waals surface area contributed by atoms with Crippen molar-refractivity contribution in [1.82, 2.24) is 20.4 Å². The summed E-state index contributed by atoms with van der Waals surface area (Å²) in [6, 6.07) is -1.09. The smallest absolute Gasteiger partial charge is 0.322 e. The maximum absolute atomic E-state index is 11.6. The van der Waals surface area contributed by atoms with Crippen molar-refractivity contribution in [2.24, 2.45) is 7.05 Å². The van der Waals surface area contributed by atoms with Gasteiger partial charge in [0.15, 0.2) is 0 Å². The Labute approximate surface area is 99.4 Å². The average molecular weight is 236 g/mol. The van der Waals surface area contributed by atoms with Crippen LogP contribution in [-0.4, -0.2) is 21.7 Å². The van der Waals surface area contributed by atoms with Crippen LogP contribution >= 0.6 is 0 Å². The number of hydrogen-bond acceptors (Lipinski definition) is 3. The fourth-order valence-corrected chi connectivity index (χ4v) is 1.94. The Morgan fingerprint density at radius 3 is 2.47 bits per heavy atom. The third kappa shape index (κ3) is 2.02. The van der Waals surface area contributed by atoms with Crippen LogP contribution in [0.5, 0.6) is 0 Å². The lowest BCUT2D eigenvalue weighted by Gasteiger charge is -2.19. The first kappa shape index (κ1) is 11.6. The van der Waals surface area contributed by atoms with Crippen LogP contribution in [0.4, 0.5) is 4.79 Å². The molecule has 1 aromatic heterocycles. The number of carbonyl (C=O) groups is 2. The van der Waals surface area contributed by atoms with Gasteiger partial charge in [0.05, 0.1) is 5.69 Å². The molecule has 0 radical (unpaired) electrons. The number of urea groups is 1. The van der Waals surface area contributed by atoms with E-state index in [1.807, 2.05) is 20.8 Å². The molecule has 1 aliphatic rings. The molecule has 2 rings (SSSR count). The average Bonchev–Trinajstić information content (AvgIpc) is 2.68. The van der Waals surface area contributed by atoms with Crippen molar-refractivity contribution in [3.8, 4) is 0 Å². The third-order valence-corrected chi connectivity index (χ3v) is 2.65. The van der Waals surface area contributed by atoms with Gasteiger partial charge >= 0.3 is 6.03 Å². The molecule has 17 heavy (non-hydrogen) atoms. The van der Waals surface area contributed by atoms with Crippen LogP contribution in [0.15, 0.2) is 6.20 Å². The molecule has 0 saturated carbocycles. The van der Waals surface area contributed by atoms with Crippen LogP contribution in [0.25, 0.3) is 0 Å². The van der Waals surface area contributed by atoms with Crippen molar-refractivity contribution >= 4 is 11.9 Å². The highest BCUT2D eigenvalue weighted by atomic mass is 16.2. The van der Waals surface area contributed by atoms with Gasteiger partial charge in [-0.15, -0.1) is 0 Å². The van der Waals surface area contributed by atoms with E-state index in [2.05, 4.69) is 15.7 Å². The Bertz CT molecular complexity index is 484. The topological polar surface area (TPSA) is 76.0 Å². The van der Waals surface area contributed by atoms with E-state index in [9.17, 15) is 9.59 Å². The quantitative estimate of drug-likeness (QED) is 0.701. The number of hydrogen-bond donors (Lipinski definition) is 2. The number of carbonyl (C=O) groups excluding carboxylic acids is 2. The summed E-state index contributed by atoms with van der Waals surface area (Å²) in [5.74, 6) is -0.325. The number of imide groups is 1. The first-order valence-electron chi connectivity index (χ1n) is 5.44. The molecule has 0 bridgehead atoms. The number of nitrogens with zero attached hydrogens (tertiary/aromatic N) is 2. The second-order valence-corrected chi connectivity index (χ2v) is 5.25. The number of amides is 3. The van der Waals surface area contributed by atoms with Gasteiger partial charge in [-0.1, -0.05) is 20.8 Å². The number of nitrogens with one attached hydrogen (secondary N) is 2. The Balaban J connectivity index is 2.45. The van der Waals surface area contributed by atoms with E-state index in [1.165, 1.54) is 0 Å². The summed E-state index contributed by atoms with van der Waals surface area (Å²) in [6.45, 7) is 6.06. The van der Waals surface area contributed by atoms with Gasteiger partial charge in [0.2, 0.25) is 0 Å². The standard InChI is InChI=1S/C11H16N4O2/c1-11(2,3)8-6(5-15(4)14-8)7-9(16)13-10(17)12-7/h5,7H,1-4H3,(H2,12,13,16,17). The van der Waals surface area contributed by atoms with Crippen LogP contribution in [-0.2, 0) is 17.3 Å². The Kier molecular flexibility index (Phi) is 2.45. The summed E-state index contributed by atoms with van der Waals surface area (Å²) in [4.78, 5) is 22.8. The number of rotatable bonds is 1. The van der Waals surface area contributed by atoms with Crippen LogP contribution < -0.4 is 10.6 Å². The van der Waals surface area contributed by atoms with Crippen LogP contribution in [0.3, 0.4) is 0 Å². The molecule has 6 heteroatoms. The number of aromatic nitrogens is 2. The highest BCUT2D eigenvalue weighted by Crippen LogP contribution is 2.29. The lowest BCUT2D eigenvalue weighted by Crippen LogP contribution is -2.24. The maximum Gasteiger partial charge on any atom is 0.322 e. The summed E-state index contributed by atoms with van der Waals surface area (Å²) >= 11 is 0. The molecular weight excluding hydrogens is 220 g/mol. The normalized spacial score (nSPS) is 20.4. The zero-order valence-electron chi connectivity index (χ0n) is 10.4. The molecule has 1 atom stereocenters.